The Kier molecular flexibility index (Phi) is 6.65. The molecule has 0 spiro atoms. The van der Waals surface area contributed by atoms with Crippen LogP contribution in [0.2, 0.25) is 0 Å². The number of hydrogen-bond donors (Lipinski definition) is 1. The molecule has 0 saturated heterocycles. The summed E-state index contributed by atoms with van der Waals surface area (Å²) in [6, 6.07) is 15.6. The molecule has 0 bridgehead atoms. The number of carbonyl (C=O) groups is 2. The zero-order valence-electron chi connectivity index (χ0n) is 18.6. The highest BCUT2D eigenvalue weighted by Crippen LogP contribution is 2.24. The van der Waals surface area contributed by atoms with Gasteiger partial charge in [0.15, 0.2) is 6.61 Å². The van der Waals surface area contributed by atoms with Gasteiger partial charge in [0.25, 0.3) is 0 Å². The van der Waals surface area contributed by atoms with E-state index in [4.69, 9.17) is 9.88 Å². The Morgan fingerprint density at radius 1 is 1.09 bits per heavy atom. The lowest BCUT2D eigenvalue weighted by Gasteiger charge is -2.10. The minimum atomic E-state index is -3.79. The fourth-order valence-corrected chi connectivity index (χ4v) is 5.24. The Morgan fingerprint density at radius 3 is 2.47 bits per heavy atom. The van der Waals surface area contributed by atoms with E-state index in [0.717, 1.165) is 20.9 Å². The SMILES string of the molecule is Cc1cc(C(=O)COC(=O)CCc2nc3ccccc3s2)c(C)n1-c1ccc(S(N)(=O)=O)cc1. The highest BCUT2D eigenvalue weighted by Gasteiger charge is 2.19. The number of para-hydroxylation sites is 1. The van der Waals surface area contributed by atoms with Crippen molar-refractivity contribution in [2.24, 2.45) is 5.14 Å². The van der Waals surface area contributed by atoms with Gasteiger partial charge >= 0.3 is 5.97 Å². The van der Waals surface area contributed by atoms with E-state index in [9.17, 15) is 18.0 Å². The summed E-state index contributed by atoms with van der Waals surface area (Å²) in [7, 11) is -3.79. The first kappa shape index (κ1) is 23.8. The Balaban J connectivity index is 1.39. The monoisotopic (exact) mass is 497 g/mol. The van der Waals surface area contributed by atoms with Crippen LogP contribution in [-0.4, -0.2) is 36.3 Å². The maximum atomic E-state index is 12.7. The molecule has 2 N–H and O–H groups in total. The number of aromatic nitrogens is 2. The van der Waals surface area contributed by atoms with Crippen molar-refractivity contribution in [2.75, 3.05) is 6.61 Å². The molecule has 0 amide bonds. The molecular formula is C24H23N3O5S2. The van der Waals surface area contributed by atoms with Gasteiger partial charge in [-0.2, -0.15) is 0 Å². The molecule has 0 unspecified atom stereocenters. The number of primary sulfonamides is 1. The standard InChI is InChI=1S/C24H23N3O5S2/c1-15-13-19(16(2)27(15)17-7-9-18(10-8-17)34(25,30)31)21(28)14-32-24(29)12-11-23-26-20-5-3-4-6-22(20)33-23/h3-10,13H,11-12,14H2,1-2H3,(H2,25,30,31). The lowest BCUT2D eigenvalue weighted by atomic mass is 10.1. The van der Waals surface area contributed by atoms with E-state index < -0.39 is 16.0 Å². The van der Waals surface area contributed by atoms with E-state index >= 15 is 0 Å². The van der Waals surface area contributed by atoms with Crippen molar-refractivity contribution in [3.05, 3.63) is 76.6 Å². The lowest BCUT2D eigenvalue weighted by Crippen LogP contribution is -2.15. The van der Waals surface area contributed by atoms with E-state index in [-0.39, 0.29) is 23.7 Å². The Morgan fingerprint density at radius 2 is 1.79 bits per heavy atom. The number of ketones is 1. The number of sulfonamides is 1. The highest BCUT2D eigenvalue weighted by atomic mass is 32.2. The zero-order valence-corrected chi connectivity index (χ0v) is 20.3. The lowest BCUT2D eigenvalue weighted by molar-refractivity contribution is -0.142. The number of hydrogen-bond acceptors (Lipinski definition) is 7. The quantitative estimate of drug-likeness (QED) is 0.293. The number of rotatable bonds is 8. The second-order valence-corrected chi connectivity index (χ2v) is 10.5. The van der Waals surface area contributed by atoms with Crippen molar-refractivity contribution in [2.45, 2.75) is 31.6 Å². The molecule has 0 aliphatic rings. The van der Waals surface area contributed by atoms with Gasteiger partial charge in [0.2, 0.25) is 15.8 Å². The molecule has 0 aliphatic heterocycles. The number of aryl methyl sites for hydroxylation is 2. The third-order valence-electron chi connectivity index (χ3n) is 5.40. The maximum absolute atomic E-state index is 12.7. The highest BCUT2D eigenvalue weighted by molar-refractivity contribution is 7.89. The molecule has 4 aromatic rings. The van der Waals surface area contributed by atoms with Crippen molar-refractivity contribution in [3.63, 3.8) is 0 Å². The van der Waals surface area contributed by atoms with Crippen LogP contribution in [0, 0.1) is 13.8 Å². The molecule has 176 valence electrons. The Bertz CT molecular complexity index is 1450. The predicted octanol–water partition coefficient (Wildman–Crippen LogP) is 3.71. The smallest absolute Gasteiger partial charge is 0.306 e. The number of carbonyl (C=O) groups excluding carboxylic acids is 2. The Labute approximate surface area is 201 Å². The van der Waals surface area contributed by atoms with Crippen LogP contribution in [0.3, 0.4) is 0 Å². The number of fused-ring (bicyclic) bond motifs is 1. The number of thiazole rings is 1. The van der Waals surface area contributed by atoms with Crippen LogP contribution in [0.5, 0.6) is 0 Å². The average Bonchev–Trinajstić information content (AvgIpc) is 3.35. The van der Waals surface area contributed by atoms with Crippen molar-refractivity contribution in [1.29, 1.82) is 0 Å². The first-order valence-corrected chi connectivity index (χ1v) is 12.9. The summed E-state index contributed by atoms with van der Waals surface area (Å²) in [4.78, 5) is 29.5. The van der Waals surface area contributed by atoms with Gasteiger partial charge in [-0.15, -0.1) is 11.3 Å². The van der Waals surface area contributed by atoms with E-state index in [1.165, 1.54) is 23.5 Å². The number of nitrogens with two attached hydrogens (primary N) is 1. The molecular weight excluding hydrogens is 474 g/mol. The Hall–Kier alpha value is -3.34. The van der Waals surface area contributed by atoms with Gasteiger partial charge in [-0.25, -0.2) is 18.5 Å². The molecule has 10 heteroatoms. The molecule has 0 fully saturated rings. The molecule has 34 heavy (non-hydrogen) atoms. The number of esters is 1. The number of nitrogens with zero attached hydrogens (tertiary/aromatic N) is 2. The number of benzene rings is 2. The molecule has 0 aliphatic carbocycles. The van der Waals surface area contributed by atoms with Gasteiger partial charge in [0, 0.05) is 29.1 Å². The second kappa shape index (κ2) is 9.49. The third kappa shape index (κ3) is 5.09. The summed E-state index contributed by atoms with van der Waals surface area (Å²) in [5.74, 6) is -0.770. The van der Waals surface area contributed by atoms with Crippen LogP contribution in [-0.2, 0) is 26.0 Å². The van der Waals surface area contributed by atoms with E-state index in [2.05, 4.69) is 4.98 Å². The van der Waals surface area contributed by atoms with Crippen molar-refractivity contribution >= 4 is 43.3 Å². The number of ether oxygens (including phenoxy) is 1. The fourth-order valence-electron chi connectivity index (χ4n) is 3.76. The molecule has 2 aromatic heterocycles. The summed E-state index contributed by atoms with van der Waals surface area (Å²) < 4.78 is 31.1. The molecule has 0 saturated carbocycles. The zero-order chi connectivity index (χ0) is 24.5. The fraction of sp³-hybridized carbons (Fsp3) is 0.208. The van der Waals surface area contributed by atoms with Crippen LogP contribution < -0.4 is 5.14 Å². The first-order valence-electron chi connectivity index (χ1n) is 10.5. The van der Waals surface area contributed by atoms with Crippen LogP contribution in [0.15, 0.2) is 59.5 Å². The summed E-state index contributed by atoms with van der Waals surface area (Å²) in [5, 5.41) is 6.00. The van der Waals surface area contributed by atoms with E-state index in [0.29, 0.717) is 23.4 Å². The summed E-state index contributed by atoms with van der Waals surface area (Å²) in [6.45, 7) is 3.26. The van der Waals surface area contributed by atoms with E-state index in [1.807, 2.05) is 35.8 Å². The minimum absolute atomic E-state index is 0.00720. The summed E-state index contributed by atoms with van der Waals surface area (Å²) >= 11 is 1.54. The van der Waals surface area contributed by atoms with Crippen LogP contribution in [0.4, 0.5) is 0 Å². The largest absolute Gasteiger partial charge is 0.457 e. The first-order chi connectivity index (χ1) is 16.1. The topological polar surface area (TPSA) is 121 Å². The molecule has 2 aromatic carbocycles. The van der Waals surface area contributed by atoms with Gasteiger partial charge in [0.05, 0.1) is 26.5 Å². The second-order valence-electron chi connectivity index (χ2n) is 7.82. The van der Waals surface area contributed by atoms with Gasteiger partial charge in [-0.05, 0) is 56.3 Å². The summed E-state index contributed by atoms with van der Waals surface area (Å²) in [6.07, 6.45) is 0.595. The molecule has 8 nitrogen and oxygen atoms in total. The van der Waals surface area contributed by atoms with Gasteiger partial charge < -0.3 is 9.30 Å². The third-order valence-corrected chi connectivity index (χ3v) is 7.43. The summed E-state index contributed by atoms with van der Waals surface area (Å²) in [5.41, 5.74) is 3.48. The molecule has 2 heterocycles. The predicted molar refractivity (Wildman–Crippen MR) is 130 cm³/mol. The molecule has 4 rings (SSSR count). The average molecular weight is 498 g/mol. The van der Waals surface area contributed by atoms with Crippen LogP contribution >= 0.6 is 11.3 Å². The molecule has 0 atom stereocenters. The minimum Gasteiger partial charge on any atom is -0.457 e. The van der Waals surface area contributed by atoms with Crippen molar-refractivity contribution in [1.82, 2.24) is 9.55 Å². The van der Waals surface area contributed by atoms with E-state index in [1.54, 1.807) is 25.1 Å². The van der Waals surface area contributed by atoms with Gasteiger partial charge in [-0.3, -0.25) is 9.59 Å². The normalized spacial score (nSPS) is 11.6. The van der Waals surface area contributed by atoms with Crippen molar-refractivity contribution < 1.29 is 22.7 Å². The number of Topliss-reactive ketones (excluding diaryl/α,β-unsaturated/α-hetero) is 1. The van der Waals surface area contributed by atoms with Crippen molar-refractivity contribution in [3.8, 4) is 5.69 Å². The molecule has 0 radical (unpaired) electrons. The van der Waals surface area contributed by atoms with Crippen LogP contribution in [0.25, 0.3) is 15.9 Å². The van der Waals surface area contributed by atoms with Gasteiger partial charge in [-0.1, -0.05) is 12.1 Å². The van der Waals surface area contributed by atoms with Crippen LogP contribution in [0.1, 0.15) is 33.2 Å². The van der Waals surface area contributed by atoms with Gasteiger partial charge in [0.1, 0.15) is 0 Å². The maximum Gasteiger partial charge on any atom is 0.306 e.